The maximum atomic E-state index is 9.39. The molecular weight excluding hydrogens is 227 g/mol. The molecule has 3 rings (SSSR count). The van der Waals surface area contributed by atoms with E-state index < -0.39 is 0 Å². The van der Waals surface area contributed by atoms with Gasteiger partial charge in [0.1, 0.15) is 0 Å². The number of fused-ring (bicyclic) bond motifs is 2. The second-order valence-electron chi connectivity index (χ2n) is 3.19. The number of hydrogen-bond donors (Lipinski definition) is 1. The lowest BCUT2D eigenvalue weighted by molar-refractivity contribution is -0.0613. The van der Waals surface area contributed by atoms with Crippen LogP contribution in [0.5, 0.6) is 0 Å². The Morgan fingerprint density at radius 1 is 1.22 bits per heavy atom. The van der Waals surface area contributed by atoms with E-state index in [1.807, 2.05) is 0 Å². The number of halogens is 1. The zero-order chi connectivity index (χ0) is 6.43. The van der Waals surface area contributed by atoms with Crippen molar-refractivity contribution in [1.29, 1.82) is 0 Å². The lowest BCUT2D eigenvalue weighted by Crippen LogP contribution is -2.54. The third-order valence-corrected chi connectivity index (χ3v) is 4.62. The molecule has 0 heterocycles. The molecule has 0 radical (unpaired) electrons. The van der Waals surface area contributed by atoms with E-state index in [4.69, 9.17) is 0 Å². The fraction of sp³-hybridized carbons (Fsp3) is 1.00. The van der Waals surface area contributed by atoms with Gasteiger partial charge in [0.25, 0.3) is 0 Å². The van der Waals surface area contributed by atoms with E-state index in [-0.39, 0.29) is 6.10 Å². The van der Waals surface area contributed by atoms with E-state index in [9.17, 15) is 5.11 Å². The smallest absolute Gasteiger partial charge is 0.0616 e. The summed E-state index contributed by atoms with van der Waals surface area (Å²) in [4.78, 5) is 0. The fourth-order valence-corrected chi connectivity index (χ4v) is 3.69. The highest BCUT2D eigenvalue weighted by Gasteiger charge is 2.49. The van der Waals surface area contributed by atoms with Gasteiger partial charge in [-0.25, -0.2) is 0 Å². The SMILES string of the molecule is OC1[C@H]2CCC[C@@H]1C2I. The molecule has 0 aliphatic heterocycles. The van der Waals surface area contributed by atoms with Crippen LogP contribution in [0.2, 0.25) is 0 Å². The summed E-state index contributed by atoms with van der Waals surface area (Å²) in [6.45, 7) is 0. The summed E-state index contributed by atoms with van der Waals surface area (Å²) in [6.07, 6.45) is 3.96. The minimum Gasteiger partial charge on any atom is -0.392 e. The van der Waals surface area contributed by atoms with Crippen LogP contribution in [0.15, 0.2) is 0 Å². The quantitative estimate of drug-likeness (QED) is 0.501. The Balaban J connectivity index is 2.08. The van der Waals surface area contributed by atoms with Crippen LogP contribution in [0.1, 0.15) is 19.3 Å². The van der Waals surface area contributed by atoms with Crippen LogP contribution < -0.4 is 0 Å². The summed E-state index contributed by atoms with van der Waals surface area (Å²) >= 11 is 2.49. The van der Waals surface area contributed by atoms with Crippen molar-refractivity contribution >= 4 is 22.6 Å². The Labute approximate surface area is 69.0 Å². The summed E-state index contributed by atoms with van der Waals surface area (Å²) in [7, 11) is 0. The standard InChI is InChI=1S/C7H11IO/c8-6-4-2-1-3-5(6)7(4)9/h4-7,9H,1-3H2/t4-,5+,6?,7?. The van der Waals surface area contributed by atoms with Gasteiger partial charge in [0, 0.05) is 3.92 Å². The Kier molecular flexibility index (Phi) is 1.49. The van der Waals surface area contributed by atoms with Crippen molar-refractivity contribution in [3.05, 3.63) is 0 Å². The van der Waals surface area contributed by atoms with Gasteiger partial charge >= 0.3 is 0 Å². The predicted octanol–water partition coefficient (Wildman–Crippen LogP) is 1.58. The first kappa shape index (κ1) is 6.40. The van der Waals surface area contributed by atoms with Gasteiger partial charge in [0.05, 0.1) is 6.10 Å². The first-order valence-corrected chi connectivity index (χ1v) is 4.87. The molecule has 0 amide bonds. The molecule has 3 saturated carbocycles. The Morgan fingerprint density at radius 3 is 2.00 bits per heavy atom. The van der Waals surface area contributed by atoms with Crippen molar-refractivity contribution in [2.75, 3.05) is 0 Å². The average Bonchev–Trinajstić information content (AvgIpc) is 1.91. The second-order valence-corrected chi connectivity index (χ2v) is 4.63. The van der Waals surface area contributed by atoms with E-state index in [1.165, 1.54) is 19.3 Å². The topological polar surface area (TPSA) is 20.2 Å². The normalized spacial score (nSPS) is 56.7. The molecule has 0 aromatic carbocycles. The number of hydrogen-bond acceptors (Lipinski definition) is 1. The van der Waals surface area contributed by atoms with Gasteiger partial charge in [-0.2, -0.15) is 0 Å². The summed E-state index contributed by atoms with van der Waals surface area (Å²) in [5, 5.41) is 9.39. The van der Waals surface area contributed by atoms with Crippen LogP contribution >= 0.6 is 22.6 Å². The van der Waals surface area contributed by atoms with Crippen molar-refractivity contribution in [2.24, 2.45) is 11.8 Å². The van der Waals surface area contributed by atoms with Crippen LogP contribution in [-0.2, 0) is 0 Å². The highest BCUT2D eigenvalue weighted by Crippen LogP contribution is 2.50. The lowest BCUT2D eigenvalue weighted by atomic mass is 9.63. The first-order valence-electron chi connectivity index (χ1n) is 3.63. The van der Waals surface area contributed by atoms with Crippen molar-refractivity contribution in [1.82, 2.24) is 0 Å². The molecule has 0 aromatic rings. The van der Waals surface area contributed by atoms with Crippen LogP contribution in [0.4, 0.5) is 0 Å². The Bertz CT molecular complexity index is 104. The van der Waals surface area contributed by atoms with Crippen molar-refractivity contribution in [3.63, 3.8) is 0 Å². The monoisotopic (exact) mass is 238 g/mol. The van der Waals surface area contributed by atoms with E-state index >= 15 is 0 Å². The van der Waals surface area contributed by atoms with E-state index in [1.54, 1.807) is 0 Å². The van der Waals surface area contributed by atoms with Gasteiger partial charge in [-0.3, -0.25) is 0 Å². The second kappa shape index (κ2) is 2.09. The van der Waals surface area contributed by atoms with E-state index in [2.05, 4.69) is 22.6 Å². The molecule has 2 bridgehead atoms. The Hall–Kier alpha value is 0.690. The highest BCUT2D eigenvalue weighted by molar-refractivity contribution is 14.1. The zero-order valence-corrected chi connectivity index (χ0v) is 7.41. The fourth-order valence-electron chi connectivity index (χ4n) is 2.12. The maximum absolute atomic E-state index is 9.39. The zero-order valence-electron chi connectivity index (χ0n) is 5.26. The molecule has 3 aliphatic carbocycles. The minimum absolute atomic E-state index is 0.0700. The van der Waals surface area contributed by atoms with Gasteiger partial charge in [-0.1, -0.05) is 29.0 Å². The van der Waals surface area contributed by atoms with Crippen molar-refractivity contribution in [3.8, 4) is 0 Å². The maximum Gasteiger partial charge on any atom is 0.0616 e. The number of alkyl halides is 1. The van der Waals surface area contributed by atoms with Crippen LogP contribution in [0.25, 0.3) is 0 Å². The lowest BCUT2D eigenvalue weighted by Gasteiger charge is -2.51. The molecule has 4 atom stereocenters. The van der Waals surface area contributed by atoms with E-state index in [0.29, 0.717) is 11.8 Å². The van der Waals surface area contributed by atoms with Crippen LogP contribution in [-0.4, -0.2) is 15.1 Å². The van der Waals surface area contributed by atoms with Gasteiger partial charge in [-0.15, -0.1) is 0 Å². The molecule has 1 N–H and O–H groups in total. The first-order chi connectivity index (χ1) is 4.30. The van der Waals surface area contributed by atoms with Crippen LogP contribution in [0.3, 0.4) is 0 Å². The molecule has 3 aliphatic rings. The largest absolute Gasteiger partial charge is 0.392 e. The molecule has 9 heavy (non-hydrogen) atoms. The summed E-state index contributed by atoms with van der Waals surface area (Å²) < 4.78 is 0.798. The van der Waals surface area contributed by atoms with Crippen LogP contribution in [0, 0.1) is 11.8 Å². The number of rotatable bonds is 0. The number of aliphatic hydroxyl groups is 1. The van der Waals surface area contributed by atoms with E-state index in [0.717, 1.165) is 3.92 Å². The molecule has 0 saturated heterocycles. The van der Waals surface area contributed by atoms with Gasteiger partial charge in [0.15, 0.2) is 0 Å². The van der Waals surface area contributed by atoms with Crippen molar-refractivity contribution < 1.29 is 5.11 Å². The predicted molar refractivity (Wildman–Crippen MR) is 44.6 cm³/mol. The summed E-state index contributed by atoms with van der Waals surface area (Å²) in [5.74, 6) is 1.31. The molecule has 52 valence electrons. The number of aliphatic hydroxyl groups excluding tert-OH is 1. The summed E-state index contributed by atoms with van der Waals surface area (Å²) in [5.41, 5.74) is 0. The minimum atomic E-state index is 0.0700. The molecule has 1 nitrogen and oxygen atoms in total. The van der Waals surface area contributed by atoms with Gasteiger partial charge in [0.2, 0.25) is 0 Å². The van der Waals surface area contributed by atoms with Crippen molar-refractivity contribution in [2.45, 2.75) is 29.3 Å². The highest BCUT2D eigenvalue weighted by atomic mass is 127. The molecule has 3 fully saturated rings. The van der Waals surface area contributed by atoms with Gasteiger partial charge in [-0.05, 0) is 24.7 Å². The third kappa shape index (κ3) is 0.755. The molecule has 0 spiro atoms. The average molecular weight is 238 g/mol. The summed E-state index contributed by atoms with van der Waals surface area (Å²) in [6, 6.07) is 0. The Morgan fingerprint density at radius 2 is 1.78 bits per heavy atom. The molecular formula is C7H11IO. The molecule has 2 heteroatoms. The molecule has 0 aromatic heterocycles. The third-order valence-electron chi connectivity index (χ3n) is 2.77. The van der Waals surface area contributed by atoms with Gasteiger partial charge < -0.3 is 5.11 Å². The molecule has 2 unspecified atom stereocenters.